The van der Waals surface area contributed by atoms with E-state index in [4.69, 9.17) is 4.74 Å². The Morgan fingerprint density at radius 2 is 1.79 bits per heavy atom. The van der Waals surface area contributed by atoms with E-state index in [-0.39, 0.29) is 19.1 Å². The predicted octanol–water partition coefficient (Wildman–Crippen LogP) is 4.04. The van der Waals surface area contributed by atoms with Crippen LogP contribution in [0.3, 0.4) is 0 Å². The first kappa shape index (κ1) is 17.8. The van der Waals surface area contributed by atoms with E-state index in [9.17, 15) is 18.0 Å². The lowest BCUT2D eigenvalue weighted by Gasteiger charge is -2.14. The van der Waals surface area contributed by atoms with E-state index in [0.29, 0.717) is 11.8 Å². The molecule has 0 saturated carbocycles. The van der Waals surface area contributed by atoms with Crippen LogP contribution in [0.25, 0.3) is 0 Å². The Morgan fingerprint density at radius 1 is 1.08 bits per heavy atom. The van der Waals surface area contributed by atoms with Crippen molar-refractivity contribution in [3.05, 3.63) is 65.0 Å². The number of carbonyl (C=O) groups is 1. The number of nitrogens with one attached hydrogen (secondary N) is 1. The van der Waals surface area contributed by atoms with E-state index in [1.807, 2.05) is 38.1 Å². The fourth-order valence-electron chi connectivity index (χ4n) is 2.21. The van der Waals surface area contributed by atoms with Crippen molar-refractivity contribution < 1.29 is 22.7 Å². The highest BCUT2D eigenvalue weighted by Gasteiger charge is 2.18. The maximum absolute atomic E-state index is 13.5. The predicted molar refractivity (Wildman–Crippen MR) is 84.7 cm³/mol. The average Bonchev–Trinajstić information content (AvgIpc) is 2.56. The molecule has 6 heteroatoms. The molecular formula is C18H18F3NO2. The third-order valence-electron chi connectivity index (χ3n) is 3.47. The second kappa shape index (κ2) is 7.86. The van der Waals surface area contributed by atoms with Crippen molar-refractivity contribution in [2.24, 2.45) is 0 Å². The van der Waals surface area contributed by atoms with Crippen molar-refractivity contribution in [2.75, 3.05) is 13.2 Å². The lowest BCUT2D eigenvalue weighted by Crippen LogP contribution is -2.29. The van der Waals surface area contributed by atoms with Gasteiger partial charge in [-0.1, -0.05) is 32.0 Å². The van der Waals surface area contributed by atoms with Crippen LogP contribution in [0, 0.1) is 17.5 Å². The number of carbonyl (C=O) groups excluding carboxylic acids is 1. The van der Waals surface area contributed by atoms with Gasteiger partial charge >= 0.3 is 0 Å². The molecule has 0 aromatic heterocycles. The SMILES string of the molecule is CC(C)c1ccccc1OCCNC(=O)c1ccc(F)c(F)c1F. The topological polar surface area (TPSA) is 38.3 Å². The second-order valence-electron chi connectivity index (χ2n) is 5.52. The summed E-state index contributed by atoms with van der Waals surface area (Å²) in [7, 11) is 0. The Balaban J connectivity index is 1.91. The molecular weight excluding hydrogens is 319 g/mol. The number of benzene rings is 2. The summed E-state index contributed by atoms with van der Waals surface area (Å²) < 4.78 is 45.1. The van der Waals surface area contributed by atoms with Gasteiger partial charge in [-0.05, 0) is 29.7 Å². The molecule has 0 spiro atoms. The molecule has 0 aliphatic heterocycles. The number of ether oxygens (including phenoxy) is 1. The molecule has 0 atom stereocenters. The second-order valence-corrected chi connectivity index (χ2v) is 5.52. The van der Waals surface area contributed by atoms with Gasteiger partial charge in [-0.3, -0.25) is 4.79 Å². The normalized spacial score (nSPS) is 10.8. The summed E-state index contributed by atoms with van der Waals surface area (Å²) >= 11 is 0. The van der Waals surface area contributed by atoms with Crippen molar-refractivity contribution in [3.63, 3.8) is 0 Å². The van der Waals surface area contributed by atoms with Crippen LogP contribution in [0.2, 0.25) is 0 Å². The molecule has 0 radical (unpaired) electrons. The highest BCUT2D eigenvalue weighted by Crippen LogP contribution is 2.25. The summed E-state index contributed by atoms with van der Waals surface area (Å²) in [6.07, 6.45) is 0. The lowest BCUT2D eigenvalue weighted by atomic mass is 10.0. The minimum absolute atomic E-state index is 0.101. The molecule has 3 nitrogen and oxygen atoms in total. The Labute approximate surface area is 138 Å². The Hall–Kier alpha value is -2.50. The first-order valence-corrected chi connectivity index (χ1v) is 7.55. The molecule has 128 valence electrons. The highest BCUT2D eigenvalue weighted by atomic mass is 19.2. The van der Waals surface area contributed by atoms with Crippen LogP contribution < -0.4 is 10.1 Å². The van der Waals surface area contributed by atoms with Crippen LogP contribution >= 0.6 is 0 Å². The van der Waals surface area contributed by atoms with E-state index < -0.39 is 28.9 Å². The zero-order valence-corrected chi connectivity index (χ0v) is 13.4. The largest absolute Gasteiger partial charge is 0.491 e. The first-order chi connectivity index (χ1) is 11.4. The fraction of sp³-hybridized carbons (Fsp3) is 0.278. The summed E-state index contributed by atoms with van der Waals surface area (Å²) in [6.45, 7) is 4.34. The molecule has 1 N–H and O–H groups in total. The Bertz CT molecular complexity index is 732. The van der Waals surface area contributed by atoms with E-state index in [0.717, 1.165) is 11.6 Å². The molecule has 2 aromatic carbocycles. The van der Waals surface area contributed by atoms with Gasteiger partial charge in [-0.2, -0.15) is 0 Å². The molecule has 0 fully saturated rings. The van der Waals surface area contributed by atoms with Crippen molar-refractivity contribution in [1.82, 2.24) is 5.32 Å². The molecule has 2 aromatic rings. The number of para-hydroxylation sites is 1. The number of amides is 1. The van der Waals surface area contributed by atoms with Gasteiger partial charge in [0.1, 0.15) is 12.4 Å². The summed E-state index contributed by atoms with van der Waals surface area (Å²) in [5.41, 5.74) is 0.493. The van der Waals surface area contributed by atoms with E-state index in [2.05, 4.69) is 5.32 Å². The molecule has 0 saturated heterocycles. The maximum Gasteiger partial charge on any atom is 0.254 e. The zero-order chi connectivity index (χ0) is 17.7. The standard InChI is InChI=1S/C18H18F3NO2/c1-11(2)12-5-3-4-6-15(12)24-10-9-22-18(23)13-7-8-14(19)17(21)16(13)20/h3-8,11H,9-10H2,1-2H3,(H,22,23). The van der Waals surface area contributed by atoms with E-state index in [1.165, 1.54) is 0 Å². The summed E-state index contributed by atoms with van der Waals surface area (Å²) in [4.78, 5) is 11.8. The van der Waals surface area contributed by atoms with Crippen LogP contribution in [0.4, 0.5) is 13.2 Å². The van der Waals surface area contributed by atoms with Crippen LogP contribution in [0.15, 0.2) is 36.4 Å². The zero-order valence-electron chi connectivity index (χ0n) is 13.4. The average molecular weight is 337 g/mol. The third kappa shape index (κ3) is 4.07. The molecule has 0 bridgehead atoms. The maximum atomic E-state index is 13.5. The van der Waals surface area contributed by atoms with Crippen LogP contribution in [-0.4, -0.2) is 19.1 Å². The number of halogens is 3. The van der Waals surface area contributed by atoms with Gasteiger partial charge in [0, 0.05) is 0 Å². The summed E-state index contributed by atoms with van der Waals surface area (Å²) in [6, 6.07) is 9.15. The molecule has 0 aliphatic carbocycles. The van der Waals surface area contributed by atoms with Gasteiger partial charge in [-0.25, -0.2) is 13.2 Å². The monoisotopic (exact) mass is 337 g/mol. The van der Waals surface area contributed by atoms with Gasteiger partial charge in [-0.15, -0.1) is 0 Å². The summed E-state index contributed by atoms with van der Waals surface area (Å²) in [5, 5.41) is 2.41. The van der Waals surface area contributed by atoms with Crippen LogP contribution in [-0.2, 0) is 0 Å². The van der Waals surface area contributed by atoms with Crippen molar-refractivity contribution in [3.8, 4) is 5.75 Å². The van der Waals surface area contributed by atoms with Crippen LogP contribution in [0.5, 0.6) is 5.75 Å². The van der Waals surface area contributed by atoms with Crippen LogP contribution in [0.1, 0.15) is 35.7 Å². The van der Waals surface area contributed by atoms with Crippen molar-refractivity contribution >= 4 is 5.91 Å². The van der Waals surface area contributed by atoms with E-state index in [1.54, 1.807) is 0 Å². The Morgan fingerprint density at radius 3 is 2.50 bits per heavy atom. The number of hydrogen-bond donors (Lipinski definition) is 1. The molecule has 24 heavy (non-hydrogen) atoms. The lowest BCUT2D eigenvalue weighted by molar-refractivity contribution is 0.0941. The van der Waals surface area contributed by atoms with Gasteiger partial charge in [0.15, 0.2) is 17.5 Å². The van der Waals surface area contributed by atoms with Gasteiger partial charge < -0.3 is 10.1 Å². The fourth-order valence-corrected chi connectivity index (χ4v) is 2.21. The van der Waals surface area contributed by atoms with Gasteiger partial charge in [0.25, 0.3) is 5.91 Å². The quantitative estimate of drug-likeness (QED) is 0.638. The minimum Gasteiger partial charge on any atom is -0.491 e. The molecule has 2 rings (SSSR count). The number of hydrogen-bond acceptors (Lipinski definition) is 2. The Kier molecular flexibility index (Phi) is 5.84. The highest BCUT2D eigenvalue weighted by molar-refractivity contribution is 5.94. The molecule has 1 amide bonds. The molecule has 0 heterocycles. The first-order valence-electron chi connectivity index (χ1n) is 7.55. The van der Waals surface area contributed by atoms with Crippen molar-refractivity contribution in [2.45, 2.75) is 19.8 Å². The third-order valence-corrected chi connectivity index (χ3v) is 3.47. The summed E-state index contributed by atoms with van der Waals surface area (Å²) in [5.74, 6) is -4.33. The van der Waals surface area contributed by atoms with Gasteiger partial charge in [0.2, 0.25) is 0 Å². The van der Waals surface area contributed by atoms with Gasteiger partial charge in [0.05, 0.1) is 12.1 Å². The minimum atomic E-state index is -1.66. The number of rotatable bonds is 6. The molecule has 0 aliphatic rings. The van der Waals surface area contributed by atoms with E-state index >= 15 is 0 Å². The smallest absolute Gasteiger partial charge is 0.254 e. The molecule has 0 unspecified atom stereocenters. The van der Waals surface area contributed by atoms with Crippen molar-refractivity contribution in [1.29, 1.82) is 0 Å².